The molecule has 0 aliphatic carbocycles. The van der Waals surface area contributed by atoms with Crippen LogP contribution in [-0.2, 0) is 4.74 Å². The Morgan fingerprint density at radius 1 is 1.59 bits per heavy atom. The molecule has 0 saturated carbocycles. The molecule has 1 atom stereocenters. The van der Waals surface area contributed by atoms with Gasteiger partial charge in [-0.25, -0.2) is 0 Å². The summed E-state index contributed by atoms with van der Waals surface area (Å²) < 4.78 is 5.40. The van der Waals surface area contributed by atoms with E-state index in [1.807, 2.05) is 6.92 Å². The third-order valence-electron chi connectivity index (χ3n) is 2.77. The van der Waals surface area contributed by atoms with Crippen molar-refractivity contribution in [3.63, 3.8) is 0 Å². The highest BCUT2D eigenvalue weighted by Gasteiger charge is 2.22. The number of carbonyl (C=O) groups excluding carboxylic acids is 1. The second kappa shape index (κ2) is 4.94. The van der Waals surface area contributed by atoms with Gasteiger partial charge in [0.25, 0.3) is 5.91 Å². The predicted molar refractivity (Wildman–Crippen MR) is 67.2 cm³/mol. The second-order valence-electron chi connectivity index (χ2n) is 4.17. The smallest absolute Gasteiger partial charge is 0.254 e. The zero-order valence-corrected chi connectivity index (χ0v) is 10.4. The monoisotopic (exact) mass is 254 g/mol. The van der Waals surface area contributed by atoms with Gasteiger partial charge in [-0.05, 0) is 25.1 Å². The van der Waals surface area contributed by atoms with Crippen LogP contribution in [0.4, 0.5) is 5.69 Å². The van der Waals surface area contributed by atoms with Crippen molar-refractivity contribution < 1.29 is 9.53 Å². The summed E-state index contributed by atoms with van der Waals surface area (Å²) in [6.45, 7) is 3.76. The average molecular weight is 255 g/mol. The fourth-order valence-electron chi connectivity index (χ4n) is 1.86. The first-order chi connectivity index (χ1) is 8.08. The molecule has 1 fully saturated rings. The van der Waals surface area contributed by atoms with E-state index in [0.717, 1.165) is 0 Å². The van der Waals surface area contributed by atoms with Gasteiger partial charge in [0.05, 0.1) is 23.4 Å². The maximum absolute atomic E-state index is 12.2. The highest BCUT2D eigenvalue weighted by atomic mass is 35.5. The van der Waals surface area contributed by atoms with Gasteiger partial charge in [0.15, 0.2) is 0 Å². The summed E-state index contributed by atoms with van der Waals surface area (Å²) in [6.07, 6.45) is 0.0809. The summed E-state index contributed by atoms with van der Waals surface area (Å²) in [5.41, 5.74) is 6.69. The first kappa shape index (κ1) is 12.2. The van der Waals surface area contributed by atoms with Gasteiger partial charge in [0.1, 0.15) is 0 Å². The van der Waals surface area contributed by atoms with Crippen LogP contribution in [0.3, 0.4) is 0 Å². The molecule has 1 unspecified atom stereocenters. The molecule has 4 nitrogen and oxygen atoms in total. The number of morpholine rings is 1. The second-order valence-corrected chi connectivity index (χ2v) is 4.58. The summed E-state index contributed by atoms with van der Waals surface area (Å²) in [4.78, 5) is 14.0. The topological polar surface area (TPSA) is 55.6 Å². The van der Waals surface area contributed by atoms with Gasteiger partial charge in [-0.15, -0.1) is 0 Å². The largest absolute Gasteiger partial charge is 0.398 e. The number of nitrogens with two attached hydrogens (primary N) is 1. The number of carbonyl (C=O) groups is 1. The summed E-state index contributed by atoms with van der Waals surface area (Å²) in [6, 6.07) is 4.96. The molecule has 1 aromatic rings. The van der Waals surface area contributed by atoms with E-state index >= 15 is 0 Å². The van der Waals surface area contributed by atoms with Crippen molar-refractivity contribution in [2.45, 2.75) is 13.0 Å². The van der Waals surface area contributed by atoms with Crippen molar-refractivity contribution in [1.82, 2.24) is 4.90 Å². The van der Waals surface area contributed by atoms with E-state index in [1.54, 1.807) is 23.1 Å². The fraction of sp³-hybridized carbons (Fsp3) is 0.417. The summed E-state index contributed by atoms with van der Waals surface area (Å²) in [5.74, 6) is -0.0245. The maximum atomic E-state index is 12.2. The van der Waals surface area contributed by atoms with E-state index < -0.39 is 0 Å². The van der Waals surface area contributed by atoms with Crippen LogP contribution in [0.5, 0.6) is 0 Å². The number of hydrogen-bond donors (Lipinski definition) is 1. The van der Waals surface area contributed by atoms with Gasteiger partial charge in [0, 0.05) is 18.7 Å². The van der Waals surface area contributed by atoms with Crippen LogP contribution >= 0.6 is 11.6 Å². The lowest BCUT2D eigenvalue weighted by Gasteiger charge is -2.31. The summed E-state index contributed by atoms with van der Waals surface area (Å²) in [7, 11) is 0. The molecule has 17 heavy (non-hydrogen) atoms. The van der Waals surface area contributed by atoms with Crippen molar-refractivity contribution in [3.8, 4) is 0 Å². The SMILES string of the molecule is CC1CN(C(=O)c2ccc(Cl)c(N)c2)CCO1. The minimum Gasteiger partial charge on any atom is -0.398 e. The average Bonchev–Trinajstić information content (AvgIpc) is 2.32. The van der Waals surface area contributed by atoms with Gasteiger partial charge < -0.3 is 15.4 Å². The number of benzene rings is 1. The highest BCUT2D eigenvalue weighted by Crippen LogP contribution is 2.21. The third-order valence-corrected chi connectivity index (χ3v) is 3.12. The molecule has 5 heteroatoms. The minimum atomic E-state index is -0.0245. The molecule has 1 saturated heterocycles. The van der Waals surface area contributed by atoms with Crippen LogP contribution < -0.4 is 5.73 Å². The van der Waals surface area contributed by atoms with Crippen molar-refractivity contribution >= 4 is 23.2 Å². The minimum absolute atomic E-state index is 0.0245. The lowest BCUT2D eigenvalue weighted by molar-refractivity contribution is -0.0124. The summed E-state index contributed by atoms with van der Waals surface area (Å²) in [5, 5.41) is 0.469. The predicted octanol–water partition coefficient (Wildman–Crippen LogP) is 1.78. The standard InChI is InChI=1S/C12H15ClN2O2/c1-8-7-15(4-5-17-8)12(16)9-2-3-10(13)11(14)6-9/h2-3,6,8H,4-5,7,14H2,1H3. The van der Waals surface area contributed by atoms with Crippen molar-refractivity contribution in [2.24, 2.45) is 0 Å². The molecular formula is C12H15ClN2O2. The van der Waals surface area contributed by atoms with Gasteiger partial charge >= 0.3 is 0 Å². The number of nitrogen functional groups attached to an aromatic ring is 1. The summed E-state index contributed by atoms with van der Waals surface area (Å²) >= 11 is 5.82. The van der Waals surface area contributed by atoms with Gasteiger partial charge in [-0.3, -0.25) is 4.79 Å². The Labute approximate surface area is 105 Å². The number of amides is 1. The molecule has 1 aliphatic heterocycles. The Bertz CT molecular complexity index is 437. The fourth-order valence-corrected chi connectivity index (χ4v) is 1.98. The van der Waals surface area contributed by atoms with Crippen LogP contribution in [0.1, 0.15) is 17.3 Å². The molecular weight excluding hydrogens is 240 g/mol. The molecule has 0 spiro atoms. The molecule has 1 amide bonds. The molecule has 1 heterocycles. The van der Waals surface area contributed by atoms with E-state index in [9.17, 15) is 4.79 Å². The molecule has 1 aliphatic rings. The normalized spacial score (nSPS) is 20.4. The molecule has 2 N–H and O–H groups in total. The highest BCUT2D eigenvalue weighted by molar-refractivity contribution is 6.33. The van der Waals surface area contributed by atoms with E-state index in [4.69, 9.17) is 22.1 Å². The van der Waals surface area contributed by atoms with E-state index in [2.05, 4.69) is 0 Å². The Morgan fingerprint density at radius 2 is 2.35 bits per heavy atom. The Hall–Kier alpha value is -1.26. The van der Waals surface area contributed by atoms with Gasteiger partial charge in [-0.2, -0.15) is 0 Å². The quantitative estimate of drug-likeness (QED) is 0.778. The molecule has 1 aromatic carbocycles. The van der Waals surface area contributed by atoms with Crippen LogP contribution in [0.25, 0.3) is 0 Å². The first-order valence-corrected chi connectivity index (χ1v) is 5.91. The van der Waals surface area contributed by atoms with Crippen molar-refractivity contribution in [3.05, 3.63) is 28.8 Å². The number of hydrogen-bond acceptors (Lipinski definition) is 3. The molecule has 0 bridgehead atoms. The maximum Gasteiger partial charge on any atom is 0.254 e. The van der Waals surface area contributed by atoms with Crippen molar-refractivity contribution in [1.29, 1.82) is 0 Å². The molecule has 92 valence electrons. The third kappa shape index (κ3) is 2.70. The van der Waals surface area contributed by atoms with E-state index in [0.29, 0.717) is 36.0 Å². The number of nitrogens with zero attached hydrogens (tertiary/aromatic N) is 1. The zero-order valence-electron chi connectivity index (χ0n) is 9.65. The van der Waals surface area contributed by atoms with Crippen LogP contribution in [0.2, 0.25) is 5.02 Å². The number of anilines is 1. The molecule has 0 aromatic heterocycles. The van der Waals surface area contributed by atoms with Gasteiger partial charge in [0.2, 0.25) is 0 Å². The van der Waals surface area contributed by atoms with Crippen LogP contribution in [0.15, 0.2) is 18.2 Å². The lowest BCUT2D eigenvalue weighted by atomic mass is 10.1. The first-order valence-electron chi connectivity index (χ1n) is 5.54. The Balaban J connectivity index is 2.15. The van der Waals surface area contributed by atoms with E-state index in [1.165, 1.54) is 0 Å². The van der Waals surface area contributed by atoms with Gasteiger partial charge in [-0.1, -0.05) is 11.6 Å². The Kier molecular flexibility index (Phi) is 3.54. The molecule has 2 rings (SSSR count). The van der Waals surface area contributed by atoms with Crippen molar-refractivity contribution in [2.75, 3.05) is 25.4 Å². The Morgan fingerprint density at radius 3 is 3.00 bits per heavy atom. The zero-order chi connectivity index (χ0) is 12.4. The molecule has 0 radical (unpaired) electrons. The van der Waals surface area contributed by atoms with E-state index in [-0.39, 0.29) is 12.0 Å². The van der Waals surface area contributed by atoms with Crippen LogP contribution in [-0.4, -0.2) is 36.6 Å². The lowest BCUT2D eigenvalue weighted by Crippen LogP contribution is -2.44. The number of ether oxygens (including phenoxy) is 1. The number of halogens is 1. The van der Waals surface area contributed by atoms with Crippen LogP contribution in [0, 0.1) is 0 Å². The number of rotatable bonds is 1.